The summed E-state index contributed by atoms with van der Waals surface area (Å²) in [5.74, 6) is 1.72. The van der Waals surface area contributed by atoms with Crippen LogP contribution < -0.4 is 10.0 Å². The van der Waals surface area contributed by atoms with Gasteiger partial charge < -0.3 is 15.5 Å². The van der Waals surface area contributed by atoms with Crippen molar-refractivity contribution in [3.05, 3.63) is 29.8 Å². The van der Waals surface area contributed by atoms with Gasteiger partial charge in [-0.05, 0) is 128 Å². The lowest BCUT2D eigenvalue weighted by molar-refractivity contribution is -0.203. The van der Waals surface area contributed by atoms with Gasteiger partial charge in [0, 0.05) is 17.5 Å². The first-order valence-electron chi connectivity index (χ1n) is 15.5. The minimum atomic E-state index is -0.673. The highest BCUT2D eigenvalue weighted by atomic mass is 32.2. The topological polar surface area (TPSA) is 81.6 Å². The maximum Gasteiger partial charge on any atom is 0.325 e. The smallest absolute Gasteiger partial charge is 0.325 e. The maximum atomic E-state index is 13.4. The number of fused-ring (bicyclic) bond motifs is 5. The lowest BCUT2D eigenvalue weighted by atomic mass is 9.41. The van der Waals surface area contributed by atoms with Crippen molar-refractivity contribution in [1.82, 2.24) is 10.0 Å². The summed E-state index contributed by atoms with van der Waals surface area (Å²) in [6, 6.07) is 2.81. The highest BCUT2D eigenvalue weighted by Gasteiger charge is 2.64. The molecule has 0 aromatic heterocycles. The van der Waals surface area contributed by atoms with E-state index < -0.39 is 11.6 Å². The minimum absolute atomic E-state index is 0.191. The molecule has 1 aromatic carbocycles. The molecule has 0 spiro atoms. The average molecular weight is 579 g/mol. The van der Waals surface area contributed by atoms with Gasteiger partial charge in [0.2, 0.25) is 0 Å². The molecule has 5 rings (SSSR count). The number of amides is 2. The quantitative estimate of drug-likeness (QED) is 0.265. The fourth-order valence-corrected chi connectivity index (χ4v) is 10.9. The Morgan fingerprint density at radius 2 is 1.70 bits per heavy atom. The number of halogens is 2. The first kappa shape index (κ1) is 30.1. The number of hydrogen-bond acceptors (Lipinski definition) is 4. The van der Waals surface area contributed by atoms with Crippen LogP contribution in [0.4, 0.5) is 13.6 Å². The van der Waals surface area contributed by atoms with Gasteiger partial charge in [0.25, 0.3) is 0 Å². The lowest BCUT2D eigenvalue weighted by Gasteiger charge is -2.64. The molecule has 4 N–H and O–H groups in total. The van der Waals surface area contributed by atoms with Crippen molar-refractivity contribution in [3.63, 3.8) is 0 Å². The SMILES string of the molecule is CC[C@H]1[C@@H](O)[C@@H]2[C@H](CC[C@]3(C)[C@@H]([C@H](C)CCNC(=O)NSc4cc(F)cc(F)c4)CC[C@@H]23)[C@@]2(C)CC[C@@H](O)C[C@@H]12. The van der Waals surface area contributed by atoms with Crippen LogP contribution in [0.15, 0.2) is 23.1 Å². The zero-order valence-corrected chi connectivity index (χ0v) is 25.3. The molecule has 11 atom stereocenters. The molecule has 8 heteroatoms. The Kier molecular flexibility index (Phi) is 8.81. The van der Waals surface area contributed by atoms with Gasteiger partial charge in [0.05, 0.1) is 12.2 Å². The Hall–Kier alpha value is -1.38. The number of rotatable bonds is 7. The van der Waals surface area contributed by atoms with Gasteiger partial charge in [0.15, 0.2) is 0 Å². The summed E-state index contributed by atoms with van der Waals surface area (Å²) in [6.45, 7) is 10.0. The molecular formula is C32H48F2N2O3S. The molecule has 4 saturated carbocycles. The van der Waals surface area contributed by atoms with Crippen molar-refractivity contribution >= 4 is 18.0 Å². The largest absolute Gasteiger partial charge is 0.393 e. The number of carbonyl (C=O) groups excluding carboxylic acids is 1. The minimum Gasteiger partial charge on any atom is -0.393 e. The number of carbonyl (C=O) groups is 1. The molecule has 0 bridgehead atoms. The van der Waals surface area contributed by atoms with Crippen molar-refractivity contribution in [1.29, 1.82) is 0 Å². The van der Waals surface area contributed by atoms with E-state index in [4.69, 9.17) is 0 Å². The molecule has 4 aliphatic rings. The number of nitrogens with one attached hydrogen (secondary N) is 2. The van der Waals surface area contributed by atoms with E-state index in [0.717, 1.165) is 63.0 Å². The molecule has 40 heavy (non-hydrogen) atoms. The van der Waals surface area contributed by atoms with Crippen LogP contribution in [0.3, 0.4) is 0 Å². The van der Waals surface area contributed by atoms with Gasteiger partial charge in [-0.15, -0.1) is 0 Å². The van der Waals surface area contributed by atoms with E-state index >= 15 is 0 Å². The van der Waals surface area contributed by atoms with Crippen molar-refractivity contribution in [2.24, 2.45) is 52.3 Å². The van der Waals surface area contributed by atoms with Crippen molar-refractivity contribution in [2.75, 3.05) is 6.54 Å². The van der Waals surface area contributed by atoms with Crippen LogP contribution in [-0.2, 0) is 0 Å². The van der Waals surface area contributed by atoms with E-state index in [2.05, 4.69) is 37.7 Å². The summed E-state index contributed by atoms with van der Waals surface area (Å²) in [6.07, 6.45) is 8.83. The molecule has 0 aliphatic heterocycles. The van der Waals surface area contributed by atoms with Gasteiger partial charge in [-0.3, -0.25) is 4.72 Å². The number of urea groups is 1. The Morgan fingerprint density at radius 3 is 2.40 bits per heavy atom. The first-order valence-corrected chi connectivity index (χ1v) is 16.3. The Balaban J connectivity index is 1.19. The molecule has 4 fully saturated rings. The summed E-state index contributed by atoms with van der Waals surface area (Å²) in [4.78, 5) is 12.6. The van der Waals surface area contributed by atoms with Gasteiger partial charge in [-0.25, -0.2) is 13.6 Å². The second-order valence-electron chi connectivity index (χ2n) is 14.0. The molecule has 1 aromatic rings. The number of aliphatic hydroxyl groups excluding tert-OH is 2. The monoisotopic (exact) mass is 578 g/mol. The molecule has 0 radical (unpaired) electrons. The van der Waals surface area contributed by atoms with Crippen molar-refractivity contribution in [2.45, 2.75) is 103 Å². The van der Waals surface area contributed by atoms with Crippen LogP contribution in [0.25, 0.3) is 0 Å². The normalized spacial score (nSPS) is 41.4. The zero-order valence-electron chi connectivity index (χ0n) is 24.5. The number of benzene rings is 1. The van der Waals surface area contributed by atoms with Crippen LogP contribution in [0, 0.1) is 63.9 Å². The van der Waals surface area contributed by atoms with Crippen LogP contribution in [0.1, 0.15) is 85.5 Å². The predicted molar refractivity (Wildman–Crippen MR) is 154 cm³/mol. The summed E-state index contributed by atoms with van der Waals surface area (Å²) >= 11 is 0.896. The zero-order chi connectivity index (χ0) is 28.8. The third-order valence-corrected chi connectivity index (χ3v) is 12.9. The van der Waals surface area contributed by atoms with E-state index in [-0.39, 0.29) is 35.0 Å². The van der Waals surface area contributed by atoms with E-state index in [1.165, 1.54) is 25.0 Å². The van der Waals surface area contributed by atoms with Crippen LogP contribution >= 0.6 is 11.9 Å². The fraction of sp³-hybridized carbons (Fsp3) is 0.781. The van der Waals surface area contributed by atoms with Crippen LogP contribution in [0.5, 0.6) is 0 Å². The van der Waals surface area contributed by atoms with Gasteiger partial charge >= 0.3 is 6.03 Å². The summed E-state index contributed by atoms with van der Waals surface area (Å²) in [5, 5.41) is 25.3. The third-order valence-electron chi connectivity index (χ3n) is 12.1. The second-order valence-corrected chi connectivity index (χ2v) is 14.8. The number of hydrogen-bond donors (Lipinski definition) is 4. The molecule has 0 saturated heterocycles. The average Bonchev–Trinajstić information content (AvgIpc) is 3.25. The Morgan fingerprint density at radius 1 is 1.02 bits per heavy atom. The third kappa shape index (κ3) is 5.42. The molecule has 224 valence electrons. The lowest BCUT2D eigenvalue weighted by Crippen LogP contribution is -2.62. The van der Waals surface area contributed by atoms with Crippen molar-refractivity contribution < 1.29 is 23.8 Å². The molecule has 0 unspecified atom stereocenters. The highest BCUT2D eigenvalue weighted by molar-refractivity contribution is 7.98. The maximum absolute atomic E-state index is 13.4. The van der Waals surface area contributed by atoms with E-state index in [9.17, 15) is 23.8 Å². The molecule has 4 aliphatic carbocycles. The van der Waals surface area contributed by atoms with Gasteiger partial charge in [-0.2, -0.15) is 0 Å². The number of aliphatic hydroxyl groups is 2. The Bertz CT molecular complexity index is 1060. The predicted octanol–water partition coefficient (Wildman–Crippen LogP) is 6.92. The van der Waals surface area contributed by atoms with Crippen molar-refractivity contribution in [3.8, 4) is 0 Å². The van der Waals surface area contributed by atoms with E-state index in [1.54, 1.807) is 0 Å². The first-order chi connectivity index (χ1) is 19.0. The summed E-state index contributed by atoms with van der Waals surface area (Å²) in [5.41, 5.74) is 0.401. The van der Waals surface area contributed by atoms with Gasteiger partial charge in [-0.1, -0.05) is 34.1 Å². The molecule has 2 amide bonds. The molecule has 5 nitrogen and oxygen atoms in total. The molecular weight excluding hydrogens is 530 g/mol. The molecule has 0 heterocycles. The highest BCUT2D eigenvalue weighted by Crippen LogP contribution is 2.69. The van der Waals surface area contributed by atoms with E-state index in [0.29, 0.717) is 46.9 Å². The fourth-order valence-electron chi connectivity index (χ4n) is 10.3. The summed E-state index contributed by atoms with van der Waals surface area (Å²) < 4.78 is 29.4. The van der Waals surface area contributed by atoms with Gasteiger partial charge in [0.1, 0.15) is 11.6 Å². The second kappa shape index (κ2) is 11.7. The van der Waals surface area contributed by atoms with Crippen LogP contribution in [-0.4, -0.2) is 35.0 Å². The van der Waals surface area contributed by atoms with E-state index in [1.807, 2.05) is 0 Å². The Labute approximate surface area is 242 Å². The standard InChI is InChI=1S/C32H48F2N2O3S/c1-5-23-27-17-21(37)8-11-32(27,4)26-9-12-31(3)24(6-7-25(31)28(26)29(23)38)18(2)10-13-35-30(39)36-40-22-15-19(33)14-20(34)16-22/h14-16,18,21,23-29,37-38H,5-13,17H2,1-4H3,(H2,35,36,39)/t18-,21-,23-,24-,25+,26+,27+,28+,29-,31-,32-/m1/s1. The van der Waals surface area contributed by atoms with Crippen LogP contribution in [0.2, 0.25) is 0 Å². The summed E-state index contributed by atoms with van der Waals surface area (Å²) in [7, 11) is 0.